The summed E-state index contributed by atoms with van der Waals surface area (Å²) in [6.45, 7) is 1.73. The Balaban J connectivity index is 1.88. The smallest absolute Gasteiger partial charge is 0.306 e. The minimum absolute atomic E-state index is 0.0655. The van der Waals surface area contributed by atoms with Gasteiger partial charge >= 0.3 is 5.69 Å². The highest BCUT2D eigenvalue weighted by atomic mass is 19.1. The topological polar surface area (TPSA) is 113 Å². The van der Waals surface area contributed by atoms with E-state index in [1.165, 1.54) is 6.07 Å². The van der Waals surface area contributed by atoms with Crippen molar-refractivity contribution in [1.82, 2.24) is 9.97 Å². The molecule has 1 aliphatic carbocycles. The molecule has 0 saturated heterocycles. The Labute approximate surface area is 143 Å². The number of aliphatic hydroxyl groups is 1. The third-order valence-corrected chi connectivity index (χ3v) is 3.81. The molecule has 1 aromatic heterocycles. The molecule has 1 heterocycles. The Morgan fingerprint density at radius 2 is 2.16 bits per heavy atom. The van der Waals surface area contributed by atoms with Gasteiger partial charge in [0.05, 0.1) is 17.2 Å². The van der Waals surface area contributed by atoms with Crippen molar-refractivity contribution in [3.05, 3.63) is 45.9 Å². The summed E-state index contributed by atoms with van der Waals surface area (Å²) in [5.74, 6) is 0.294. The molecule has 0 amide bonds. The molecule has 3 N–H and O–H groups in total. The number of hydrogen-bond donors (Lipinski definition) is 3. The highest BCUT2D eigenvalue weighted by Gasteiger charge is 2.26. The number of halogens is 1. The standard InChI is InChI=1S/C16H18FN5O3/c1-9(8-23)18-16-20-13(10-2-3-10)7-15(21-16)19-11-4-5-12(17)14(6-11)22(24)25/h4-7,9-10,23H,2-3,8H2,1H3,(H2,18,19,20,21)/t9-/m1/s1. The highest BCUT2D eigenvalue weighted by Crippen LogP contribution is 2.40. The van der Waals surface area contributed by atoms with Crippen molar-refractivity contribution < 1.29 is 14.4 Å². The number of hydrogen-bond acceptors (Lipinski definition) is 7. The molecule has 0 spiro atoms. The fraction of sp³-hybridized carbons (Fsp3) is 0.375. The van der Waals surface area contributed by atoms with Crippen LogP contribution in [0.4, 0.5) is 27.5 Å². The summed E-state index contributed by atoms with van der Waals surface area (Å²) in [4.78, 5) is 18.9. The van der Waals surface area contributed by atoms with Crippen molar-refractivity contribution in [1.29, 1.82) is 0 Å². The molecule has 3 rings (SSSR count). The lowest BCUT2D eigenvalue weighted by Crippen LogP contribution is -2.21. The van der Waals surface area contributed by atoms with Gasteiger partial charge in [0.2, 0.25) is 11.8 Å². The number of rotatable bonds is 7. The minimum atomic E-state index is -0.893. The van der Waals surface area contributed by atoms with Crippen LogP contribution in [0, 0.1) is 15.9 Å². The molecule has 0 aliphatic heterocycles. The maximum Gasteiger partial charge on any atom is 0.306 e. The van der Waals surface area contributed by atoms with Crippen molar-refractivity contribution in [2.75, 3.05) is 17.2 Å². The molecule has 1 aromatic carbocycles. The van der Waals surface area contributed by atoms with Gasteiger partial charge < -0.3 is 15.7 Å². The Kier molecular flexibility index (Phi) is 4.75. The van der Waals surface area contributed by atoms with E-state index in [0.29, 0.717) is 23.4 Å². The number of benzene rings is 1. The zero-order valence-corrected chi connectivity index (χ0v) is 13.6. The van der Waals surface area contributed by atoms with Gasteiger partial charge in [0.25, 0.3) is 0 Å². The molecular weight excluding hydrogens is 329 g/mol. The van der Waals surface area contributed by atoms with Crippen LogP contribution >= 0.6 is 0 Å². The molecule has 0 bridgehead atoms. The fourth-order valence-electron chi connectivity index (χ4n) is 2.33. The van der Waals surface area contributed by atoms with Crippen LogP contribution in [-0.2, 0) is 0 Å². The van der Waals surface area contributed by atoms with Crippen LogP contribution in [0.3, 0.4) is 0 Å². The first-order valence-corrected chi connectivity index (χ1v) is 7.93. The third kappa shape index (κ3) is 4.18. The van der Waals surface area contributed by atoms with E-state index in [9.17, 15) is 14.5 Å². The molecule has 8 nitrogen and oxygen atoms in total. The molecule has 0 unspecified atom stereocenters. The molecule has 1 saturated carbocycles. The summed E-state index contributed by atoms with van der Waals surface area (Å²) in [5, 5.41) is 26.0. The number of nitrogens with one attached hydrogen (secondary N) is 2. The van der Waals surface area contributed by atoms with Crippen LogP contribution in [0.15, 0.2) is 24.3 Å². The minimum Gasteiger partial charge on any atom is -0.394 e. The van der Waals surface area contributed by atoms with Gasteiger partial charge in [-0.15, -0.1) is 0 Å². The second kappa shape index (κ2) is 6.98. The average Bonchev–Trinajstić information content (AvgIpc) is 3.41. The molecule has 9 heteroatoms. The van der Waals surface area contributed by atoms with E-state index in [1.54, 1.807) is 13.0 Å². The van der Waals surface area contributed by atoms with Gasteiger partial charge in [-0.05, 0) is 31.9 Å². The Bertz CT molecular complexity index is 797. The summed E-state index contributed by atoms with van der Waals surface area (Å²) in [7, 11) is 0. The number of nitrogens with zero attached hydrogens (tertiary/aromatic N) is 3. The van der Waals surface area contributed by atoms with Gasteiger partial charge in [-0.25, -0.2) is 4.98 Å². The van der Waals surface area contributed by atoms with Crippen LogP contribution in [0.25, 0.3) is 0 Å². The van der Waals surface area contributed by atoms with Gasteiger partial charge in [0.1, 0.15) is 5.82 Å². The highest BCUT2D eigenvalue weighted by molar-refractivity contribution is 5.61. The lowest BCUT2D eigenvalue weighted by molar-refractivity contribution is -0.387. The number of aromatic nitrogens is 2. The van der Waals surface area contributed by atoms with Gasteiger partial charge in [-0.3, -0.25) is 10.1 Å². The molecule has 132 valence electrons. The summed E-state index contributed by atoms with van der Waals surface area (Å²) in [6, 6.07) is 5.13. The molecule has 1 fully saturated rings. The van der Waals surface area contributed by atoms with Crippen LogP contribution in [0.1, 0.15) is 31.4 Å². The molecule has 1 aliphatic rings. The summed E-state index contributed by atoms with van der Waals surface area (Å²) < 4.78 is 13.5. The third-order valence-electron chi connectivity index (χ3n) is 3.81. The normalized spacial score (nSPS) is 14.8. The molecule has 25 heavy (non-hydrogen) atoms. The lowest BCUT2D eigenvalue weighted by atomic mass is 10.2. The molecule has 0 radical (unpaired) electrons. The van der Waals surface area contributed by atoms with E-state index < -0.39 is 16.4 Å². The summed E-state index contributed by atoms with van der Waals surface area (Å²) in [5.41, 5.74) is 0.616. The maximum absolute atomic E-state index is 13.5. The van der Waals surface area contributed by atoms with Crippen molar-refractivity contribution >= 4 is 23.1 Å². The molecular formula is C16H18FN5O3. The Hall–Kier alpha value is -2.81. The van der Waals surface area contributed by atoms with Crippen LogP contribution in [0.5, 0.6) is 0 Å². The average molecular weight is 347 g/mol. The predicted molar refractivity (Wildman–Crippen MR) is 90.5 cm³/mol. The Morgan fingerprint density at radius 1 is 1.40 bits per heavy atom. The Morgan fingerprint density at radius 3 is 2.80 bits per heavy atom. The van der Waals surface area contributed by atoms with Crippen LogP contribution < -0.4 is 10.6 Å². The van der Waals surface area contributed by atoms with E-state index in [4.69, 9.17) is 5.11 Å². The second-order valence-corrected chi connectivity index (χ2v) is 6.05. The van der Waals surface area contributed by atoms with Crippen molar-refractivity contribution in [2.45, 2.75) is 31.7 Å². The largest absolute Gasteiger partial charge is 0.394 e. The van der Waals surface area contributed by atoms with E-state index in [2.05, 4.69) is 20.6 Å². The first kappa shape index (κ1) is 17.0. The predicted octanol–water partition coefficient (Wildman–Crippen LogP) is 2.94. The zero-order chi connectivity index (χ0) is 18.0. The number of anilines is 3. The summed E-state index contributed by atoms with van der Waals surface area (Å²) in [6.07, 6.45) is 2.10. The van der Waals surface area contributed by atoms with Crippen LogP contribution in [0.2, 0.25) is 0 Å². The van der Waals surface area contributed by atoms with Crippen molar-refractivity contribution in [2.24, 2.45) is 0 Å². The maximum atomic E-state index is 13.5. The second-order valence-electron chi connectivity index (χ2n) is 6.05. The first-order chi connectivity index (χ1) is 12.0. The van der Waals surface area contributed by atoms with Gasteiger partial charge in [0.15, 0.2) is 0 Å². The number of nitro groups is 1. The first-order valence-electron chi connectivity index (χ1n) is 7.93. The van der Waals surface area contributed by atoms with Crippen LogP contribution in [-0.4, -0.2) is 32.6 Å². The van der Waals surface area contributed by atoms with Gasteiger partial charge in [0, 0.05) is 29.8 Å². The van der Waals surface area contributed by atoms with E-state index in [1.807, 2.05) is 0 Å². The van der Waals surface area contributed by atoms with E-state index in [0.717, 1.165) is 30.7 Å². The van der Waals surface area contributed by atoms with Crippen molar-refractivity contribution in [3.8, 4) is 0 Å². The van der Waals surface area contributed by atoms with E-state index in [-0.39, 0.29) is 12.6 Å². The number of nitro benzene ring substituents is 1. The fourth-order valence-corrected chi connectivity index (χ4v) is 2.33. The van der Waals surface area contributed by atoms with Gasteiger partial charge in [-0.2, -0.15) is 9.37 Å². The number of aliphatic hydroxyl groups excluding tert-OH is 1. The SMILES string of the molecule is C[C@H](CO)Nc1nc(Nc2ccc(F)c([N+](=O)[O-])c2)cc(C2CC2)n1. The molecule has 2 aromatic rings. The zero-order valence-electron chi connectivity index (χ0n) is 13.6. The van der Waals surface area contributed by atoms with Crippen molar-refractivity contribution in [3.63, 3.8) is 0 Å². The lowest BCUT2D eigenvalue weighted by Gasteiger charge is -2.14. The van der Waals surface area contributed by atoms with E-state index >= 15 is 0 Å². The summed E-state index contributed by atoms with van der Waals surface area (Å²) >= 11 is 0. The monoisotopic (exact) mass is 347 g/mol. The quantitative estimate of drug-likeness (QED) is 0.521. The molecule has 1 atom stereocenters. The van der Waals surface area contributed by atoms with Gasteiger partial charge in [-0.1, -0.05) is 0 Å².